The minimum Gasteiger partial charge on any atom is -0.390 e. The first kappa shape index (κ1) is 25.2. The van der Waals surface area contributed by atoms with E-state index in [1.54, 1.807) is 22.6 Å². The number of rotatable bonds is 5. The number of hydrogen-bond acceptors (Lipinski definition) is 5. The van der Waals surface area contributed by atoms with Crippen LogP contribution in [0.1, 0.15) is 58.1 Å². The summed E-state index contributed by atoms with van der Waals surface area (Å²) in [5, 5.41) is 14.3. The molecule has 4 atom stereocenters. The first-order valence-corrected chi connectivity index (χ1v) is 13.3. The molecule has 3 heterocycles. The minimum absolute atomic E-state index is 0.0272. The molecule has 204 valence electrons. The third-order valence-electron chi connectivity index (χ3n) is 8.68. The number of anilines is 1. The van der Waals surface area contributed by atoms with Gasteiger partial charge in [-0.1, -0.05) is 12.1 Å². The summed E-state index contributed by atoms with van der Waals surface area (Å²) in [6.07, 6.45) is -3.07. The summed E-state index contributed by atoms with van der Waals surface area (Å²) in [7, 11) is 0. The topological polar surface area (TPSA) is 81.9 Å². The van der Waals surface area contributed by atoms with Crippen molar-refractivity contribution in [2.75, 3.05) is 44.2 Å². The maximum Gasteiger partial charge on any atom is 0.274 e. The molecule has 0 spiro atoms. The van der Waals surface area contributed by atoms with E-state index >= 15 is 0 Å². The summed E-state index contributed by atoms with van der Waals surface area (Å²) in [5.41, 5.74) is 3.51. The number of carbonyl (C=O) groups excluding carboxylic acids is 2. The number of piperazine rings is 1. The first-order chi connectivity index (χ1) is 18.2. The zero-order chi connectivity index (χ0) is 26.7. The quantitative estimate of drug-likeness (QED) is 0.642. The van der Waals surface area contributed by atoms with Gasteiger partial charge in [-0.3, -0.25) is 14.3 Å². The molecular weight excluding hydrogens is 499 g/mol. The van der Waals surface area contributed by atoms with E-state index in [9.17, 15) is 27.9 Å². The Morgan fingerprint density at radius 1 is 1.13 bits per heavy atom. The number of aliphatic hydroxyl groups is 1. The van der Waals surface area contributed by atoms with Gasteiger partial charge in [0, 0.05) is 55.2 Å². The number of amides is 2. The van der Waals surface area contributed by atoms with Crippen LogP contribution in [0.3, 0.4) is 0 Å². The summed E-state index contributed by atoms with van der Waals surface area (Å²) in [6, 6.07) is 4.92. The van der Waals surface area contributed by atoms with E-state index in [4.69, 9.17) is 0 Å². The molecule has 8 nitrogen and oxygen atoms in total. The molecule has 0 bridgehead atoms. The number of likely N-dealkylation sites (tertiary alicyclic amines) is 1. The van der Waals surface area contributed by atoms with Gasteiger partial charge in [-0.15, -0.1) is 0 Å². The molecule has 2 aliphatic heterocycles. The second kappa shape index (κ2) is 9.59. The molecule has 11 heteroatoms. The lowest BCUT2D eigenvalue weighted by Crippen LogP contribution is -2.50. The van der Waals surface area contributed by atoms with E-state index in [0.29, 0.717) is 43.4 Å². The van der Waals surface area contributed by atoms with Gasteiger partial charge in [0.1, 0.15) is 12.7 Å². The largest absolute Gasteiger partial charge is 0.390 e. The van der Waals surface area contributed by atoms with Gasteiger partial charge in [0.2, 0.25) is 5.91 Å². The maximum absolute atomic E-state index is 14.1. The van der Waals surface area contributed by atoms with Crippen molar-refractivity contribution < 1.29 is 27.9 Å². The van der Waals surface area contributed by atoms with E-state index < -0.39 is 18.7 Å². The van der Waals surface area contributed by atoms with Crippen LogP contribution in [-0.2, 0) is 17.8 Å². The standard InChI is InChI=1S/C27H32F3N5O3/c1-15-17(26(29)30)3-2-4-20(15)32-7-9-33(10-8-32)23(37)14-35-21-12-16-11-18(16)24(21)25(31-35)27(38)34-6-5-22(36)19(28)13-34/h2-4,16,18-19,22,26,36H,5-14H2,1H3/t16-,18?,19+,22-/m1/s1. The number of benzene rings is 1. The summed E-state index contributed by atoms with van der Waals surface area (Å²) < 4.78 is 42.4. The molecule has 2 amide bonds. The number of fused-ring (bicyclic) bond motifs is 3. The number of nitrogens with zero attached hydrogens (tertiary/aromatic N) is 5. The number of hydrogen-bond donors (Lipinski definition) is 1. The number of alkyl halides is 3. The highest BCUT2D eigenvalue weighted by Gasteiger charge is 2.51. The molecule has 1 N–H and O–H groups in total. The van der Waals surface area contributed by atoms with Gasteiger partial charge in [0.05, 0.1) is 12.6 Å². The zero-order valence-electron chi connectivity index (χ0n) is 21.3. The Kier molecular flexibility index (Phi) is 6.36. The molecule has 1 aromatic carbocycles. The van der Waals surface area contributed by atoms with Crippen LogP contribution in [0.15, 0.2) is 18.2 Å². The van der Waals surface area contributed by atoms with Crippen LogP contribution < -0.4 is 4.90 Å². The average molecular weight is 532 g/mol. The molecule has 2 aliphatic carbocycles. The molecule has 2 saturated heterocycles. The lowest BCUT2D eigenvalue weighted by atomic mass is 10.0. The van der Waals surface area contributed by atoms with Crippen molar-refractivity contribution in [3.63, 3.8) is 0 Å². The number of halogens is 3. The van der Waals surface area contributed by atoms with Crippen molar-refractivity contribution in [2.24, 2.45) is 5.92 Å². The normalized spacial score (nSPS) is 26.5. The lowest BCUT2D eigenvalue weighted by molar-refractivity contribution is -0.132. The monoisotopic (exact) mass is 531 g/mol. The average Bonchev–Trinajstić information content (AvgIpc) is 3.43. The van der Waals surface area contributed by atoms with Crippen LogP contribution in [0, 0.1) is 12.8 Å². The van der Waals surface area contributed by atoms with E-state index in [1.807, 2.05) is 11.0 Å². The zero-order valence-corrected chi connectivity index (χ0v) is 21.3. The highest BCUT2D eigenvalue weighted by molar-refractivity contribution is 5.95. The van der Waals surface area contributed by atoms with Gasteiger partial charge in [-0.2, -0.15) is 5.10 Å². The number of aromatic nitrogens is 2. The SMILES string of the molecule is Cc1c(C(F)F)cccc1N1CCN(C(=O)Cn2nc(C(=O)N3CC[C@@H](O)[C@@H](F)C3)c3c2C[C@H]2CC32)CC1. The Balaban J connectivity index is 1.14. The van der Waals surface area contributed by atoms with Crippen LogP contribution in [-0.4, -0.2) is 88.0 Å². The van der Waals surface area contributed by atoms with Gasteiger partial charge in [-0.25, -0.2) is 13.2 Å². The second-order valence-corrected chi connectivity index (χ2v) is 11.0. The Bertz CT molecular complexity index is 1260. The van der Waals surface area contributed by atoms with Crippen molar-refractivity contribution in [3.05, 3.63) is 46.3 Å². The van der Waals surface area contributed by atoms with Crippen molar-refractivity contribution in [3.8, 4) is 0 Å². The highest BCUT2D eigenvalue weighted by atomic mass is 19.3. The minimum atomic E-state index is -2.53. The number of piperidine rings is 1. The molecule has 6 rings (SSSR count). The molecule has 1 saturated carbocycles. The fourth-order valence-corrected chi connectivity index (χ4v) is 6.35. The summed E-state index contributed by atoms with van der Waals surface area (Å²) >= 11 is 0. The van der Waals surface area contributed by atoms with Crippen molar-refractivity contribution >= 4 is 17.5 Å². The Morgan fingerprint density at radius 3 is 2.61 bits per heavy atom. The van der Waals surface area contributed by atoms with Gasteiger partial charge in [0.15, 0.2) is 5.69 Å². The van der Waals surface area contributed by atoms with E-state index in [2.05, 4.69) is 5.10 Å². The van der Waals surface area contributed by atoms with Crippen LogP contribution in [0.5, 0.6) is 0 Å². The first-order valence-electron chi connectivity index (χ1n) is 13.3. The van der Waals surface area contributed by atoms with Gasteiger partial charge in [0.25, 0.3) is 12.3 Å². The third-order valence-corrected chi connectivity index (χ3v) is 8.68. The molecule has 2 aromatic rings. The fourth-order valence-electron chi connectivity index (χ4n) is 6.35. The van der Waals surface area contributed by atoms with E-state index in [0.717, 1.165) is 29.8 Å². The van der Waals surface area contributed by atoms with E-state index in [1.165, 1.54) is 11.0 Å². The number of aliphatic hydroxyl groups excluding tert-OH is 1. The Hall–Kier alpha value is -3.08. The summed E-state index contributed by atoms with van der Waals surface area (Å²) in [5.74, 6) is 0.325. The van der Waals surface area contributed by atoms with Crippen LogP contribution in [0.4, 0.5) is 18.9 Å². The van der Waals surface area contributed by atoms with Crippen LogP contribution >= 0.6 is 0 Å². The molecule has 38 heavy (non-hydrogen) atoms. The Morgan fingerprint density at radius 2 is 1.89 bits per heavy atom. The van der Waals surface area contributed by atoms with Gasteiger partial charge in [-0.05, 0) is 49.7 Å². The van der Waals surface area contributed by atoms with Crippen molar-refractivity contribution in [2.45, 2.75) is 57.3 Å². The predicted octanol–water partition coefficient (Wildman–Crippen LogP) is 2.68. The highest BCUT2D eigenvalue weighted by Crippen LogP contribution is 2.57. The number of carbonyl (C=O) groups is 2. The lowest BCUT2D eigenvalue weighted by Gasteiger charge is -2.37. The van der Waals surface area contributed by atoms with Gasteiger partial charge >= 0.3 is 0 Å². The molecular formula is C27H32F3N5O3. The maximum atomic E-state index is 14.1. The van der Waals surface area contributed by atoms with Crippen molar-refractivity contribution in [1.29, 1.82) is 0 Å². The second-order valence-electron chi connectivity index (χ2n) is 11.0. The molecule has 1 aromatic heterocycles. The van der Waals surface area contributed by atoms with Crippen LogP contribution in [0.25, 0.3) is 0 Å². The smallest absolute Gasteiger partial charge is 0.274 e. The predicted molar refractivity (Wildman–Crippen MR) is 133 cm³/mol. The van der Waals surface area contributed by atoms with Gasteiger partial charge < -0.3 is 19.8 Å². The summed E-state index contributed by atoms with van der Waals surface area (Å²) in [6.45, 7) is 3.86. The molecule has 4 aliphatic rings. The van der Waals surface area contributed by atoms with E-state index in [-0.39, 0.29) is 49.4 Å². The Labute approximate surface area is 219 Å². The molecule has 0 radical (unpaired) electrons. The van der Waals surface area contributed by atoms with Crippen LogP contribution in [0.2, 0.25) is 0 Å². The summed E-state index contributed by atoms with van der Waals surface area (Å²) in [4.78, 5) is 31.8. The van der Waals surface area contributed by atoms with Crippen molar-refractivity contribution in [1.82, 2.24) is 19.6 Å². The third kappa shape index (κ3) is 4.34. The molecule has 1 unspecified atom stereocenters. The fraction of sp³-hybridized carbons (Fsp3) is 0.593. The molecule has 3 fully saturated rings.